The maximum Gasteiger partial charge on any atom is 0.292 e. The van der Waals surface area contributed by atoms with Gasteiger partial charge in [-0.3, -0.25) is 14.9 Å². The molecule has 0 aliphatic rings. The maximum absolute atomic E-state index is 12.2. The van der Waals surface area contributed by atoms with Crippen molar-refractivity contribution in [3.8, 4) is 0 Å². The fraction of sp³-hybridized carbons (Fsp3) is 0.350. The fourth-order valence-electron chi connectivity index (χ4n) is 2.74. The van der Waals surface area contributed by atoms with E-state index in [1.54, 1.807) is 18.2 Å². The van der Waals surface area contributed by atoms with Crippen LogP contribution < -0.4 is 10.6 Å². The smallest absolute Gasteiger partial charge is 0.292 e. The van der Waals surface area contributed by atoms with Gasteiger partial charge in [0.25, 0.3) is 5.69 Å². The van der Waals surface area contributed by atoms with E-state index in [1.165, 1.54) is 11.6 Å². The molecule has 0 unspecified atom stereocenters. The highest BCUT2D eigenvalue weighted by atomic mass is 16.6. The minimum atomic E-state index is -0.414. The number of nitrogens with one attached hydrogen (secondary N) is 2. The van der Waals surface area contributed by atoms with E-state index >= 15 is 0 Å². The zero-order valence-electron chi connectivity index (χ0n) is 15.2. The van der Waals surface area contributed by atoms with Gasteiger partial charge in [0.15, 0.2) is 0 Å². The summed E-state index contributed by atoms with van der Waals surface area (Å²) in [6.07, 6.45) is 1.79. The van der Waals surface area contributed by atoms with Gasteiger partial charge in [-0.2, -0.15) is 0 Å². The molecule has 138 valence electrons. The number of hydrogen-bond acceptors (Lipinski definition) is 4. The van der Waals surface area contributed by atoms with E-state index in [4.69, 9.17) is 0 Å². The molecule has 0 saturated carbocycles. The minimum absolute atomic E-state index is 0.00581. The van der Waals surface area contributed by atoms with Crippen LogP contribution in [0.15, 0.2) is 48.5 Å². The van der Waals surface area contributed by atoms with Gasteiger partial charge in [-0.05, 0) is 31.4 Å². The summed E-state index contributed by atoms with van der Waals surface area (Å²) in [6.45, 7) is 4.58. The lowest BCUT2D eigenvalue weighted by atomic mass is 10.0. The number of benzene rings is 2. The number of carbonyl (C=O) groups is 1. The number of carbonyl (C=O) groups excluding carboxylic acids is 1. The molecular weight excluding hydrogens is 330 g/mol. The van der Waals surface area contributed by atoms with Gasteiger partial charge >= 0.3 is 0 Å². The summed E-state index contributed by atoms with van der Waals surface area (Å²) in [7, 11) is 0. The Hall–Kier alpha value is -2.89. The van der Waals surface area contributed by atoms with E-state index in [0.717, 1.165) is 12.0 Å². The summed E-state index contributed by atoms with van der Waals surface area (Å²) in [6, 6.07) is 14.7. The Morgan fingerprint density at radius 3 is 2.50 bits per heavy atom. The van der Waals surface area contributed by atoms with Crippen LogP contribution in [0.25, 0.3) is 0 Å². The van der Waals surface area contributed by atoms with Crippen LogP contribution in [0.5, 0.6) is 0 Å². The average Bonchev–Trinajstić information content (AvgIpc) is 2.64. The van der Waals surface area contributed by atoms with Crippen molar-refractivity contribution in [1.29, 1.82) is 0 Å². The Morgan fingerprint density at radius 1 is 1.15 bits per heavy atom. The van der Waals surface area contributed by atoms with Gasteiger partial charge in [0.1, 0.15) is 5.69 Å². The predicted octanol–water partition coefficient (Wildman–Crippen LogP) is 4.36. The van der Waals surface area contributed by atoms with E-state index in [1.807, 2.05) is 38.1 Å². The summed E-state index contributed by atoms with van der Waals surface area (Å²) >= 11 is 0. The van der Waals surface area contributed by atoms with Crippen molar-refractivity contribution in [2.75, 3.05) is 11.9 Å². The van der Waals surface area contributed by atoms with Gasteiger partial charge in [0, 0.05) is 19.0 Å². The van der Waals surface area contributed by atoms with E-state index in [2.05, 4.69) is 10.6 Å². The molecular formula is C20H25N3O3. The first-order valence-electron chi connectivity index (χ1n) is 8.84. The number of anilines is 1. The quantitative estimate of drug-likeness (QED) is 0.397. The van der Waals surface area contributed by atoms with Crippen LogP contribution in [0.1, 0.15) is 43.4 Å². The number of rotatable bonds is 9. The Balaban J connectivity index is 1.80. The molecule has 1 amide bonds. The van der Waals surface area contributed by atoms with Crippen molar-refractivity contribution in [2.24, 2.45) is 0 Å². The van der Waals surface area contributed by atoms with Crippen LogP contribution in [-0.2, 0) is 4.79 Å². The molecule has 6 nitrogen and oxygen atoms in total. The van der Waals surface area contributed by atoms with Crippen molar-refractivity contribution in [3.63, 3.8) is 0 Å². The summed E-state index contributed by atoms with van der Waals surface area (Å²) in [5, 5.41) is 17.1. The summed E-state index contributed by atoms with van der Waals surface area (Å²) in [4.78, 5) is 22.8. The monoisotopic (exact) mass is 355 g/mol. The number of amides is 1. The molecule has 2 rings (SSSR count). The van der Waals surface area contributed by atoms with E-state index in [-0.39, 0.29) is 17.6 Å². The highest BCUT2D eigenvalue weighted by molar-refractivity contribution is 5.76. The predicted molar refractivity (Wildman–Crippen MR) is 103 cm³/mol. The topological polar surface area (TPSA) is 84.3 Å². The number of aryl methyl sites for hydroxylation is 1. The van der Waals surface area contributed by atoms with Crippen LogP contribution in [0.2, 0.25) is 0 Å². The van der Waals surface area contributed by atoms with Crippen LogP contribution in [0.3, 0.4) is 0 Å². The second-order valence-electron chi connectivity index (χ2n) is 6.24. The molecule has 0 bridgehead atoms. The number of nitro groups is 1. The lowest BCUT2D eigenvalue weighted by molar-refractivity contribution is -0.384. The van der Waals surface area contributed by atoms with Crippen molar-refractivity contribution in [2.45, 2.75) is 39.2 Å². The molecule has 2 aromatic rings. The van der Waals surface area contributed by atoms with Gasteiger partial charge in [-0.25, -0.2) is 0 Å². The standard InChI is InChI=1S/C20H25N3O3/c1-3-17(16-12-10-15(2)11-13-16)22-20(24)9-6-14-21-18-7-4-5-8-19(18)23(25)26/h4-5,7-8,10-13,17,21H,3,6,9,14H2,1-2H3,(H,22,24)/t17-/m0/s1. The van der Waals surface area contributed by atoms with Gasteiger partial charge in [-0.1, -0.05) is 48.9 Å². The molecule has 2 aromatic carbocycles. The molecule has 26 heavy (non-hydrogen) atoms. The molecule has 0 saturated heterocycles. The summed E-state index contributed by atoms with van der Waals surface area (Å²) < 4.78 is 0. The Morgan fingerprint density at radius 2 is 1.85 bits per heavy atom. The van der Waals surface area contributed by atoms with Crippen LogP contribution in [0.4, 0.5) is 11.4 Å². The lowest BCUT2D eigenvalue weighted by Crippen LogP contribution is -2.28. The molecule has 2 N–H and O–H groups in total. The van der Waals surface area contributed by atoms with Crippen molar-refractivity contribution < 1.29 is 9.72 Å². The number of nitro benzene ring substituents is 1. The Labute approximate surface area is 153 Å². The van der Waals surface area contributed by atoms with Crippen LogP contribution >= 0.6 is 0 Å². The lowest BCUT2D eigenvalue weighted by Gasteiger charge is -2.18. The van der Waals surface area contributed by atoms with E-state index in [0.29, 0.717) is 25.1 Å². The number of para-hydroxylation sites is 2. The zero-order chi connectivity index (χ0) is 18.9. The Kier molecular flexibility index (Phi) is 7.14. The third kappa shape index (κ3) is 5.58. The summed E-state index contributed by atoms with van der Waals surface area (Å²) in [5.74, 6) is -0.0122. The van der Waals surface area contributed by atoms with Crippen LogP contribution in [0, 0.1) is 17.0 Å². The second kappa shape index (κ2) is 9.56. The van der Waals surface area contributed by atoms with Gasteiger partial charge in [0.05, 0.1) is 11.0 Å². The SMILES string of the molecule is CC[C@H](NC(=O)CCCNc1ccccc1[N+](=O)[O-])c1ccc(C)cc1. The van der Waals surface area contributed by atoms with Crippen molar-refractivity contribution in [3.05, 3.63) is 69.8 Å². The third-order valence-corrected chi connectivity index (χ3v) is 4.22. The number of nitrogens with zero attached hydrogens (tertiary/aromatic N) is 1. The normalized spacial score (nSPS) is 11.6. The molecule has 0 aromatic heterocycles. The molecule has 0 spiro atoms. The highest BCUT2D eigenvalue weighted by Crippen LogP contribution is 2.23. The molecule has 0 heterocycles. The zero-order valence-corrected chi connectivity index (χ0v) is 15.2. The molecule has 0 radical (unpaired) electrons. The molecule has 1 atom stereocenters. The van der Waals surface area contributed by atoms with E-state index < -0.39 is 4.92 Å². The molecule has 0 aliphatic carbocycles. The third-order valence-electron chi connectivity index (χ3n) is 4.22. The second-order valence-corrected chi connectivity index (χ2v) is 6.24. The number of hydrogen-bond donors (Lipinski definition) is 2. The Bertz CT molecular complexity index is 744. The average molecular weight is 355 g/mol. The summed E-state index contributed by atoms with van der Waals surface area (Å²) in [5.41, 5.74) is 2.81. The first-order valence-corrected chi connectivity index (χ1v) is 8.84. The minimum Gasteiger partial charge on any atom is -0.379 e. The first-order chi connectivity index (χ1) is 12.5. The fourth-order valence-corrected chi connectivity index (χ4v) is 2.74. The largest absolute Gasteiger partial charge is 0.379 e. The van der Waals surface area contributed by atoms with Gasteiger partial charge in [-0.15, -0.1) is 0 Å². The molecule has 6 heteroatoms. The van der Waals surface area contributed by atoms with Gasteiger partial charge < -0.3 is 10.6 Å². The maximum atomic E-state index is 12.2. The van der Waals surface area contributed by atoms with Crippen molar-refractivity contribution in [1.82, 2.24) is 5.32 Å². The molecule has 0 aliphatic heterocycles. The van der Waals surface area contributed by atoms with Gasteiger partial charge in [0.2, 0.25) is 5.91 Å². The molecule has 0 fully saturated rings. The van der Waals surface area contributed by atoms with Crippen molar-refractivity contribution >= 4 is 17.3 Å². The first kappa shape index (κ1) is 19.4. The highest BCUT2D eigenvalue weighted by Gasteiger charge is 2.13. The van der Waals surface area contributed by atoms with Crippen LogP contribution in [-0.4, -0.2) is 17.4 Å². The van der Waals surface area contributed by atoms with E-state index in [9.17, 15) is 14.9 Å².